The van der Waals surface area contributed by atoms with Gasteiger partial charge >= 0.3 is 0 Å². The van der Waals surface area contributed by atoms with Crippen molar-refractivity contribution in [3.05, 3.63) is 108 Å². The number of hydrogen-bond donors (Lipinski definition) is 3. The van der Waals surface area contributed by atoms with Gasteiger partial charge in [0, 0.05) is 0 Å². The highest BCUT2D eigenvalue weighted by Gasteiger charge is 2.51. The van der Waals surface area contributed by atoms with E-state index in [1.54, 1.807) is 0 Å². The molecule has 0 spiro atoms. The van der Waals surface area contributed by atoms with E-state index in [1.807, 2.05) is 91.0 Å². The van der Waals surface area contributed by atoms with Crippen LogP contribution in [0, 0.1) is 0 Å². The number of aliphatic hydroxyl groups is 3. The zero-order valence-corrected chi connectivity index (χ0v) is 18.3. The Bertz CT molecular complexity index is 813. The van der Waals surface area contributed by atoms with Crippen molar-refractivity contribution in [2.75, 3.05) is 0 Å². The Morgan fingerprint density at radius 1 is 0.424 bits per heavy atom. The highest BCUT2D eigenvalue weighted by Crippen LogP contribution is 2.30. The predicted molar refractivity (Wildman–Crippen MR) is 123 cm³/mol. The van der Waals surface area contributed by atoms with Crippen LogP contribution in [0.4, 0.5) is 0 Å². The van der Waals surface area contributed by atoms with Gasteiger partial charge in [0.2, 0.25) is 0 Å². The van der Waals surface area contributed by atoms with E-state index in [9.17, 15) is 15.3 Å². The van der Waals surface area contributed by atoms with E-state index < -0.39 is 36.6 Å². The molecule has 0 amide bonds. The Balaban J connectivity index is 1.49. The average Bonchev–Trinajstić information content (AvgIpc) is 2.86. The number of rotatable bonds is 9. The fraction of sp³-hybridized carbons (Fsp3) is 0.333. The topological polar surface area (TPSA) is 88.4 Å². The molecule has 6 heteroatoms. The van der Waals surface area contributed by atoms with E-state index >= 15 is 0 Å². The largest absolute Gasteiger partial charge is 0.387 e. The van der Waals surface area contributed by atoms with Crippen LogP contribution in [0.1, 0.15) is 16.7 Å². The van der Waals surface area contributed by atoms with Crippen LogP contribution in [0.5, 0.6) is 0 Å². The zero-order chi connectivity index (χ0) is 23.0. The van der Waals surface area contributed by atoms with Gasteiger partial charge in [-0.25, -0.2) is 0 Å². The van der Waals surface area contributed by atoms with Gasteiger partial charge in [-0.1, -0.05) is 91.0 Å². The van der Waals surface area contributed by atoms with E-state index in [2.05, 4.69) is 0 Å². The van der Waals surface area contributed by atoms with Crippen LogP contribution in [0.3, 0.4) is 0 Å². The molecule has 3 aromatic rings. The third-order valence-corrected chi connectivity index (χ3v) is 5.88. The van der Waals surface area contributed by atoms with Gasteiger partial charge in [-0.2, -0.15) is 0 Å². The minimum absolute atomic E-state index is 0.201. The Kier molecular flexibility index (Phi) is 8.23. The van der Waals surface area contributed by atoms with Gasteiger partial charge in [-0.05, 0) is 16.7 Å². The minimum atomic E-state index is -1.24. The lowest BCUT2D eigenvalue weighted by molar-refractivity contribution is -0.261. The van der Waals surface area contributed by atoms with Crippen molar-refractivity contribution in [2.24, 2.45) is 0 Å². The lowest BCUT2D eigenvalue weighted by atomic mass is 9.84. The number of hydrogen-bond acceptors (Lipinski definition) is 6. The van der Waals surface area contributed by atoms with Crippen LogP contribution in [0.2, 0.25) is 0 Å². The van der Waals surface area contributed by atoms with Gasteiger partial charge in [0.05, 0.1) is 19.8 Å². The molecule has 0 unspecified atom stereocenters. The van der Waals surface area contributed by atoms with Crippen LogP contribution in [0.15, 0.2) is 91.0 Å². The molecule has 1 saturated carbocycles. The molecule has 4 rings (SSSR count). The first-order valence-corrected chi connectivity index (χ1v) is 11.1. The van der Waals surface area contributed by atoms with E-state index in [1.165, 1.54) is 0 Å². The molecule has 0 heterocycles. The quantitative estimate of drug-likeness (QED) is 0.465. The summed E-state index contributed by atoms with van der Waals surface area (Å²) in [6.07, 6.45) is -6.68. The van der Waals surface area contributed by atoms with Crippen LogP contribution in [0.25, 0.3) is 0 Å². The molecule has 3 aromatic carbocycles. The molecule has 33 heavy (non-hydrogen) atoms. The monoisotopic (exact) mass is 450 g/mol. The SMILES string of the molecule is OC1C(OCc2ccccc2)C(O)C(OCc2ccccc2)C(O)C1OCc1ccccc1. The Hall–Kier alpha value is -2.58. The van der Waals surface area contributed by atoms with Crippen molar-refractivity contribution in [1.82, 2.24) is 0 Å². The first-order chi connectivity index (χ1) is 16.1. The average molecular weight is 451 g/mol. The molecule has 6 nitrogen and oxygen atoms in total. The first kappa shape index (κ1) is 23.6. The number of ether oxygens (including phenoxy) is 3. The maximum atomic E-state index is 11.0. The highest BCUT2D eigenvalue weighted by atomic mass is 16.6. The van der Waals surface area contributed by atoms with Crippen molar-refractivity contribution < 1.29 is 29.5 Å². The molecule has 0 saturated heterocycles. The summed E-state index contributed by atoms with van der Waals surface area (Å²) in [7, 11) is 0. The lowest BCUT2D eigenvalue weighted by Gasteiger charge is -2.45. The standard InChI is InChI=1S/C27H30O6/c28-22-25(31-16-19-10-4-1-5-11-19)23(29)27(33-18-21-14-8-3-9-15-21)24(30)26(22)32-17-20-12-6-2-7-13-20/h1-15,22-30H,16-18H2. The molecule has 0 bridgehead atoms. The fourth-order valence-corrected chi connectivity index (χ4v) is 4.06. The smallest absolute Gasteiger partial charge is 0.115 e. The second-order valence-corrected chi connectivity index (χ2v) is 8.26. The summed E-state index contributed by atoms with van der Waals surface area (Å²) in [5.74, 6) is 0. The molecule has 0 radical (unpaired) electrons. The molecule has 1 aliphatic rings. The van der Waals surface area contributed by atoms with Crippen molar-refractivity contribution in [3.63, 3.8) is 0 Å². The summed E-state index contributed by atoms with van der Waals surface area (Å²) >= 11 is 0. The van der Waals surface area contributed by atoms with E-state index in [0.29, 0.717) is 0 Å². The van der Waals surface area contributed by atoms with Gasteiger partial charge in [0.1, 0.15) is 36.6 Å². The van der Waals surface area contributed by atoms with Crippen molar-refractivity contribution in [1.29, 1.82) is 0 Å². The third-order valence-electron chi connectivity index (χ3n) is 5.88. The summed E-state index contributed by atoms with van der Waals surface area (Å²) in [4.78, 5) is 0. The molecule has 0 aromatic heterocycles. The Labute approximate surface area is 194 Å². The van der Waals surface area contributed by atoms with E-state index in [-0.39, 0.29) is 19.8 Å². The molecule has 1 fully saturated rings. The maximum Gasteiger partial charge on any atom is 0.115 e. The maximum absolute atomic E-state index is 11.0. The van der Waals surface area contributed by atoms with Crippen LogP contribution in [-0.4, -0.2) is 51.9 Å². The summed E-state index contributed by atoms with van der Waals surface area (Å²) in [6, 6.07) is 28.5. The summed E-state index contributed by atoms with van der Waals surface area (Å²) in [6.45, 7) is 0.603. The second-order valence-electron chi connectivity index (χ2n) is 8.26. The molecule has 174 valence electrons. The predicted octanol–water partition coefficient (Wildman–Crippen LogP) is 2.84. The number of aliphatic hydroxyl groups excluding tert-OH is 3. The third kappa shape index (κ3) is 6.06. The fourth-order valence-electron chi connectivity index (χ4n) is 4.06. The molecule has 3 N–H and O–H groups in total. The first-order valence-electron chi connectivity index (χ1n) is 11.1. The molecule has 1 aliphatic carbocycles. The van der Waals surface area contributed by atoms with Gasteiger partial charge in [-0.3, -0.25) is 0 Å². The molecular formula is C27H30O6. The highest BCUT2D eigenvalue weighted by molar-refractivity contribution is 5.16. The van der Waals surface area contributed by atoms with Crippen molar-refractivity contribution >= 4 is 0 Å². The number of benzene rings is 3. The van der Waals surface area contributed by atoms with Gasteiger partial charge in [0.15, 0.2) is 0 Å². The van der Waals surface area contributed by atoms with E-state index in [4.69, 9.17) is 14.2 Å². The molecule has 0 aliphatic heterocycles. The zero-order valence-electron chi connectivity index (χ0n) is 18.3. The van der Waals surface area contributed by atoms with Crippen LogP contribution >= 0.6 is 0 Å². The van der Waals surface area contributed by atoms with E-state index in [0.717, 1.165) is 16.7 Å². The normalized spacial score (nSPS) is 27.4. The van der Waals surface area contributed by atoms with Gasteiger partial charge < -0.3 is 29.5 Å². The second kappa shape index (κ2) is 11.5. The summed E-state index contributed by atoms with van der Waals surface area (Å²) in [5, 5.41) is 33.0. The van der Waals surface area contributed by atoms with Crippen LogP contribution < -0.4 is 0 Å². The Morgan fingerprint density at radius 3 is 0.909 bits per heavy atom. The minimum Gasteiger partial charge on any atom is -0.387 e. The van der Waals surface area contributed by atoms with Crippen molar-refractivity contribution in [2.45, 2.75) is 56.4 Å². The molecular weight excluding hydrogens is 420 g/mol. The van der Waals surface area contributed by atoms with Crippen LogP contribution in [-0.2, 0) is 34.0 Å². The van der Waals surface area contributed by atoms with Gasteiger partial charge in [0.25, 0.3) is 0 Å². The summed E-state index contributed by atoms with van der Waals surface area (Å²) < 4.78 is 17.8. The van der Waals surface area contributed by atoms with Crippen molar-refractivity contribution in [3.8, 4) is 0 Å². The Morgan fingerprint density at radius 2 is 0.667 bits per heavy atom. The van der Waals surface area contributed by atoms with Gasteiger partial charge in [-0.15, -0.1) is 0 Å². The molecule has 0 atom stereocenters. The summed E-state index contributed by atoms with van der Waals surface area (Å²) in [5.41, 5.74) is 2.73. The lowest BCUT2D eigenvalue weighted by Crippen LogP contribution is -2.65.